The summed E-state index contributed by atoms with van der Waals surface area (Å²) in [6.45, 7) is 7.67. The normalized spacial score (nSPS) is 23.8. The number of hydrogen-bond acceptors (Lipinski definition) is 4. The summed E-state index contributed by atoms with van der Waals surface area (Å²) in [5.41, 5.74) is 6.61. The van der Waals surface area contributed by atoms with Gasteiger partial charge in [0.25, 0.3) is 0 Å². The molecule has 0 aliphatic carbocycles. The fourth-order valence-electron chi connectivity index (χ4n) is 2.24. The van der Waals surface area contributed by atoms with E-state index in [0.717, 1.165) is 24.6 Å². The molecule has 90 valence electrons. The van der Waals surface area contributed by atoms with E-state index in [4.69, 9.17) is 10.2 Å². The molecular formula is C12H21N3O. The van der Waals surface area contributed by atoms with Crippen LogP contribution < -0.4 is 5.73 Å². The van der Waals surface area contributed by atoms with E-state index in [1.165, 1.54) is 19.5 Å². The third kappa shape index (κ3) is 2.62. The van der Waals surface area contributed by atoms with Crippen LogP contribution in [0.2, 0.25) is 0 Å². The lowest BCUT2D eigenvalue weighted by molar-refractivity contribution is 0.335. The van der Waals surface area contributed by atoms with E-state index >= 15 is 0 Å². The van der Waals surface area contributed by atoms with Crippen molar-refractivity contribution < 1.29 is 4.42 Å². The third-order valence-corrected chi connectivity index (χ3v) is 3.32. The molecule has 0 radical (unpaired) electrons. The van der Waals surface area contributed by atoms with Crippen LogP contribution in [0.5, 0.6) is 0 Å². The Morgan fingerprint density at radius 1 is 1.69 bits per heavy atom. The summed E-state index contributed by atoms with van der Waals surface area (Å²) < 4.78 is 5.45. The van der Waals surface area contributed by atoms with Gasteiger partial charge in [-0.25, -0.2) is 4.98 Å². The van der Waals surface area contributed by atoms with Crippen LogP contribution in [0.4, 0.5) is 0 Å². The molecule has 0 aromatic carbocycles. The summed E-state index contributed by atoms with van der Waals surface area (Å²) in [5.74, 6) is 1.54. The molecule has 4 nitrogen and oxygen atoms in total. The Morgan fingerprint density at radius 2 is 2.50 bits per heavy atom. The molecule has 0 bridgehead atoms. The Morgan fingerprint density at radius 3 is 3.06 bits per heavy atom. The molecule has 2 heterocycles. The number of likely N-dealkylation sites (tertiary alicyclic amines) is 1. The Labute approximate surface area is 96.8 Å². The highest BCUT2D eigenvalue weighted by atomic mass is 16.3. The van der Waals surface area contributed by atoms with E-state index in [-0.39, 0.29) is 6.04 Å². The summed E-state index contributed by atoms with van der Waals surface area (Å²) in [6, 6.07) is -0.0341. The maximum Gasteiger partial charge on any atom is 0.194 e. The quantitative estimate of drug-likeness (QED) is 0.842. The zero-order chi connectivity index (χ0) is 11.5. The fraction of sp³-hybridized carbons (Fsp3) is 0.750. The fourth-order valence-corrected chi connectivity index (χ4v) is 2.24. The highest BCUT2D eigenvalue weighted by Crippen LogP contribution is 2.21. The predicted molar refractivity (Wildman–Crippen MR) is 63.0 cm³/mol. The van der Waals surface area contributed by atoms with Crippen molar-refractivity contribution in [1.82, 2.24) is 9.88 Å². The van der Waals surface area contributed by atoms with E-state index in [1.54, 1.807) is 6.26 Å². The molecule has 0 spiro atoms. The first-order chi connectivity index (χ1) is 7.69. The summed E-state index contributed by atoms with van der Waals surface area (Å²) in [4.78, 5) is 6.89. The van der Waals surface area contributed by atoms with Crippen molar-refractivity contribution in [2.75, 3.05) is 19.6 Å². The van der Waals surface area contributed by atoms with Crippen LogP contribution in [0.15, 0.2) is 10.7 Å². The van der Waals surface area contributed by atoms with Crippen molar-refractivity contribution in [2.24, 2.45) is 11.7 Å². The maximum absolute atomic E-state index is 5.75. The minimum absolute atomic E-state index is 0.0341. The Balaban J connectivity index is 1.89. The van der Waals surface area contributed by atoms with Gasteiger partial charge in [-0.05, 0) is 32.4 Å². The average Bonchev–Trinajstić information content (AvgIpc) is 2.87. The van der Waals surface area contributed by atoms with Crippen molar-refractivity contribution in [2.45, 2.75) is 32.7 Å². The van der Waals surface area contributed by atoms with Gasteiger partial charge in [-0.15, -0.1) is 0 Å². The molecule has 2 rings (SSSR count). The van der Waals surface area contributed by atoms with Gasteiger partial charge in [0.2, 0.25) is 0 Å². The SMILES string of the molecule is CCN1CCC(Cc2nc(C(C)N)co2)C1. The molecule has 0 saturated carbocycles. The highest BCUT2D eigenvalue weighted by molar-refractivity contribution is 5.01. The second-order valence-corrected chi connectivity index (χ2v) is 4.71. The molecule has 4 heteroatoms. The van der Waals surface area contributed by atoms with Gasteiger partial charge in [0.05, 0.1) is 5.69 Å². The summed E-state index contributed by atoms with van der Waals surface area (Å²) in [5, 5.41) is 0. The summed E-state index contributed by atoms with van der Waals surface area (Å²) in [7, 11) is 0. The van der Waals surface area contributed by atoms with Crippen LogP contribution in [0.3, 0.4) is 0 Å². The van der Waals surface area contributed by atoms with E-state index in [0.29, 0.717) is 5.92 Å². The first-order valence-corrected chi connectivity index (χ1v) is 6.11. The monoisotopic (exact) mass is 223 g/mol. The lowest BCUT2D eigenvalue weighted by Crippen LogP contribution is -2.20. The highest BCUT2D eigenvalue weighted by Gasteiger charge is 2.23. The van der Waals surface area contributed by atoms with E-state index in [9.17, 15) is 0 Å². The first kappa shape index (κ1) is 11.6. The van der Waals surface area contributed by atoms with Crippen LogP contribution in [0, 0.1) is 5.92 Å². The molecule has 16 heavy (non-hydrogen) atoms. The molecule has 1 fully saturated rings. The Kier molecular flexibility index (Phi) is 3.61. The van der Waals surface area contributed by atoms with Gasteiger partial charge in [0, 0.05) is 19.0 Å². The standard InChI is InChI=1S/C12H21N3O/c1-3-15-5-4-10(7-15)6-12-14-11(8-16-12)9(2)13/h8-10H,3-7,13H2,1-2H3. The number of aromatic nitrogens is 1. The van der Waals surface area contributed by atoms with Crippen LogP contribution in [-0.4, -0.2) is 29.5 Å². The lowest BCUT2D eigenvalue weighted by Gasteiger charge is -2.11. The molecule has 2 unspecified atom stereocenters. The third-order valence-electron chi connectivity index (χ3n) is 3.32. The first-order valence-electron chi connectivity index (χ1n) is 6.11. The molecule has 1 saturated heterocycles. The molecular weight excluding hydrogens is 202 g/mol. The Hall–Kier alpha value is -0.870. The number of hydrogen-bond donors (Lipinski definition) is 1. The van der Waals surface area contributed by atoms with Crippen molar-refractivity contribution in [1.29, 1.82) is 0 Å². The largest absolute Gasteiger partial charge is 0.449 e. The van der Waals surface area contributed by atoms with Crippen molar-refractivity contribution in [3.8, 4) is 0 Å². The van der Waals surface area contributed by atoms with Gasteiger partial charge in [-0.1, -0.05) is 6.92 Å². The van der Waals surface area contributed by atoms with Gasteiger partial charge in [-0.3, -0.25) is 0 Å². The van der Waals surface area contributed by atoms with Gasteiger partial charge >= 0.3 is 0 Å². The summed E-state index contributed by atoms with van der Waals surface area (Å²) in [6.07, 6.45) is 3.89. The molecule has 1 aromatic heterocycles. The predicted octanol–water partition coefficient (Wildman–Crippen LogP) is 1.58. The zero-order valence-electron chi connectivity index (χ0n) is 10.1. The number of rotatable bonds is 4. The van der Waals surface area contributed by atoms with Crippen LogP contribution in [-0.2, 0) is 6.42 Å². The van der Waals surface area contributed by atoms with Gasteiger partial charge in [-0.2, -0.15) is 0 Å². The smallest absolute Gasteiger partial charge is 0.194 e. The number of oxazole rings is 1. The van der Waals surface area contributed by atoms with Crippen LogP contribution >= 0.6 is 0 Å². The van der Waals surface area contributed by atoms with Gasteiger partial charge in [0.15, 0.2) is 5.89 Å². The van der Waals surface area contributed by atoms with E-state index in [2.05, 4.69) is 16.8 Å². The van der Waals surface area contributed by atoms with Crippen molar-refractivity contribution in [3.63, 3.8) is 0 Å². The second kappa shape index (κ2) is 4.97. The van der Waals surface area contributed by atoms with Crippen molar-refractivity contribution >= 4 is 0 Å². The van der Waals surface area contributed by atoms with Gasteiger partial charge < -0.3 is 15.1 Å². The molecule has 2 N–H and O–H groups in total. The minimum Gasteiger partial charge on any atom is -0.449 e. The second-order valence-electron chi connectivity index (χ2n) is 4.71. The van der Waals surface area contributed by atoms with Crippen molar-refractivity contribution in [3.05, 3.63) is 17.8 Å². The number of nitrogens with zero attached hydrogens (tertiary/aromatic N) is 2. The molecule has 2 atom stereocenters. The Bertz CT molecular complexity index is 335. The van der Waals surface area contributed by atoms with Crippen LogP contribution in [0.1, 0.15) is 37.9 Å². The lowest BCUT2D eigenvalue weighted by atomic mass is 10.1. The molecule has 1 aliphatic rings. The number of nitrogens with two attached hydrogens (primary N) is 1. The topological polar surface area (TPSA) is 55.3 Å². The van der Waals surface area contributed by atoms with Crippen LogP contribution in [0.25, 0.3) is 0 Å². The zero-order valence-corrected chi connectivity index (χ0v) is 10.1. The minimum atomic E-state index is -0.0341. The molecule has 1 aromatic rings. The molecule has 0 amide bonds. The average molecular weight is 223 g/mol. The summed E-state index contributed by atoms with van der Waals surface area (Å²) >= 11 is 0. The maximum atomic E-state index is 5.75. The van der Waals surface area contributed by atoms with Gasteiger partial charge in [0.1, 0.15) is 6.26 Å². The van der Waals surface area contributed by atoms with E-state index < -0.39 is 0 Å². The van der Waals surface area contributed by atoms with E-state index in [1.807, 2.05) is 6.92 Å². The molecule has 1 aliphatic heterocycles.